The van der Waals surface area contributed by atoms with E-state index in [0.717, 1.165) is 19.3 Å². The van der Waals surface area contributed by atoms with Gasteiger partial charge in [-0.15, -0.1) is 0 Å². The summed E-state index contributed by atoms with van der Waals surface area (Å²) in [5, 5.41) is 12.8. The van der Waals surface area contributed by atoms with Gasteiger partial charge in [-0.3, -0.25) is 5.32 Å². The highest BCUT2D eigenvalue weighted by atomic mass is 16.3. The fourth-order valence-electron chi connectivity index (χ4n) is 1.70. The third-order valence-electron chi connectivity index (χ3n) is 2.69. The summed E-state index contributed by atoms with van der Waals surface area (Å²) in [6.45, 7) is 2.11. The van der Waals surface area contributed by atoms with Crippen LogP contribution in [0.1, 0.15) is 32.6 Å². The molecule has 2 unspecified atom stereocenters. The SMILES string of the molecule is CNC1(O)CCCCC1C. The Morgan fingerprint density at radius 1 is 1.50 bits per heavy atom. The van der Waals surface area contributed by atoms with Crippen LogP contribution in [0.5, 0.6) is 0 Å². The summed E-state index contributed by atoms with van der Waals surface area (Å²) in [5.41, 5.74) is -0.571. The molecule has 60 valence electrons. The van der Waals surface area contributed by atoms with Crippen molar-refractivity contribution >= 4 is 0 Å². The van der Waals surface area contributed by atoms with Crippen LogP contribution in [0.2, 0.25) is 0 Å². The Kier molecular flexibility index (Phi) is 2.32. The fourth-order valence-corrected chi connectivity index (χ4v) is 1.70. The maximum Gasteiger partial charge on any atom is 0.118 e. The zero-order chi connectivity index (χ0) is 7.61. The average molecular weight is 143 g/mol. The maximum atomic E-state index is 9.84. The lowest BCUT2D eigenvalue weighted by molar-refractivity contribution is -0.0641. The average Bonchev–Trinajstić information content (AvgIpc) is 1.96. The van der Waals surface area contributed by atoms with Gasteiger partial charge in [0.1, 0.15) is 5.72 Å². The molecule has 1 aliphatic rings. The van der Waals surface area contributed by atoms with E-state index in [-0.39, 0.29) is 0 Å². The Bertz CT molecular complexity index is 116. The van der Waals surface area contributed by atoms with Crippen molar-refractivity contribution in [1.29, 1.82) is 0 Å². The van der Waals surface area contributed by atoms with Gasteiger partial charge in [0.25, 0.3) is 0 Å². The van der Waals surface area contributed by atoms with Crippen LogP contribution >= 0.6 is 0 Å². The van der Waals surface area contributed by atoms with Crippen LogP contribution in [0.15, 0.2) is 0 Å². The number of hydrogen-bond donors (Lipinski definition) is 2. The third-order valence-corrected chi connectivity index (χ3v) is 2.69. The van der Waals surface area contributed by atoms with E-state index in [1.807, 2.05) is 7.05 Å². The Hall–Kier alpha value is -0.0800. The Morgan fingerprint density at radius 2 is 2.20 bits per heavy atom. The lowest BCUT2D eigenvalue weighted by Crippen LogP contribution is -2.50. The molecule has 1 fully saturated rings. The molecule has 0 aromatic carbocycles. The quantitative estimate of drug-likeness (QED) is 0.539. The molecule has 10 heavy (non-hydrogen) atoms. The summed E-state index contributed by atoms with van der Waals surface area (Å²) >= 11 is 0. The van der Waals surface area contributed by atoms with Gasteiger partial charge in [-0.05, 0) is 32.2 Å². The summed E-state index contributed by atoms with van der Waals surface area (Å²) in [6, 6.07) is 0. The lowest BCUT2D eigenvalue weighted by Gasteiger charge is -2.37. The number of nitrogens with one attached hydrogen (secondary N) is 1. The zero-order valence-electron chi connectivity index (χ0n) is 6.85. The van der Waals surface area contributed by atoms with Gasteiger partial charge < -0.3 is 5.11 Å². The molecular weight excluding hydrogens is 126 g/mol. The van der Waals surface area contributed by atoms with E-state index in [1.54, 1.807) is 0 Å². The van der Waals surface area contributed by atoms with Gasteiger partial charge in [-0.25, -0.2) is 0 Å². The molecule has 0 amide bonds. The highest BCUT2D eigenvalue weighted by Gasteiger charge is 2.33. The molecule has 0 aliphatic heterocycles. The number of hydrogen-bond acceptors (Lipinski definition) is 2. The summed E-state index contributed by atoms with van der Waals surface area (Å²) < 4.78 is 0. The van der Waals surface area contributed by atoms with Crippen LogP contribution in [-0.2, 0) is 0 Å². The fraction of sp³-hybridized carbons (Fsp3) is 1.00. The second kappa shape index (κ2) is 2.89. The minimum atomic E-state index is -0.571. The molecule has 2 heteroatoms. The van der Waals surface area contributed by atoms with Crippen molar-refractivity contribution in [3.63, 3.8) is 0 Å². The van der Waals surface area contributed by atoms with Crippen molar-refractivity contribution in [2.75, 3.05) is 7.05 Å². The molecule has 0 radical (unpaired) electrons. The van der Waals surface area contributed by atoms with Crippen LogP contribution < -0.4 is 5.32 Å². The van der Waals surface area contributed by atoms with E-state index >= 15 is 0 Å². The largest absolute Gasteiger partial charge is 0.376 e. The first kappa shape index (κ1) is 8.02. The van der Waals surface area contributed by atoms with Gasteiger partial charge in [0.15, 0.2) is 0 Å². The number of rotatable bonds is 1. The molecule has 0 bridgehead atoms. The summed E-state index contributed by atoms with van der Waals surface area (Å²) in [7, 11) is 1.84. The van der Waals surface area contributed by atoms with Crippen molar-refractivity contribution < 1.29 is 5.11 Å². The summed E-state index contributed by atoms with van der Waals surface area (Å²) in [5.74, 6) is 0.409. The molecule has 1 saturated carbocycles. The predicted octanol–water partition coefficient (Wildman–Crippen LogP) is 1.10. The van der Waals surface area contributed by atoms with Crippen molar-refractivity contribution in [2.45, 2.75) is 38.3 Å². The highest BCUT2D eigenvalue weighted by Crippen LogP contribution is 2.30. The van der Waals surface area contributed by atoms with Crippen LogP contribution in [0, 0.1) is 5.92 Å². The molecule has 1 rings (SSSR count). The predicted molar refractivity (Wildman–Crippen MR) is 41.6 cm³/mol. The summed E-state index contributed by atoms with van der Waals surface area (Å²) in [6.07, 6.45) is 4.48. The second-order valence-electron chi connectivity index (χ2n) is 3.32. The first-order valence-corrected chi connectivity index (χ1v) is 4.10. The molecule has 0 saturated heterocycles. The lowest BCUT2D eigenvalue weighted by atomic mass is 9.82. The topological polar surface area (TPSA) is 32.3 Å². The summed E-state index contributed by atoms with van der Waals surface area (Å²) in [4.78, 5) is 0. The normalized spacial score (nSPS) is 41.7. The van der Waals surface area contributed by atoms with E-state index in [4.69, 9.17) is 0 Å². The smallest absolute Gasteiger partial charge is 0.118 e. The second-order valence-corrected chi connectivity index (χ2v) is 3.32. The molecule has 2 atom stereocenters. The van der Waals surface area contributed by atoms with Crippen LogP contribution in [0.25, 0.3) is 0 Å². The van der Waals surface area contributed by atoms with Gasteiger partial charge in [-0.1, -0.05) is 13.3 Å². The van der Waals surface area contributed by atoms with Crippen molar-refractivity contribution in [3.05, 3.63) is 0 Å². The zero-order valence-corrected chi connectivity index (χ0v) is 6.85. The van der Waals surface area contributed by atoms with Gasteiger partial charge in [0.05, 0.1) is 0 Å². The Balaban J connectivity index is 2.54. The Morgan fingerprint density at radius 3 is 2.60 bits per heavy atom. The molecule has 0 aromatic rings. The molecule has 0 spiro atoms. The third kappa shape index (κ3) is 1.32. The van der Waals surface area contributed by atoms with Gasteiger partial charge >= 0.3 is 0 Å². The highest BCUT2D eigenvalue weighted by molar-refractivity contribution is 4.83. The van der Waals surface area contributed by atoms with Gasteiger partial charge in [0, 0.05) is 0 Å². The van der Waals surface area contributed by atoms with Gasteiger partial charge in [0.2, 0.25) is 0 Å². The molecule has 2 nitrogen and oxygen atoms in total. The van der Waals surface area contributed by atoms with Crippen molar-refractivity contribution in [3.8, 4) is 0 Å². The maximum absolute atomic E-state index is 9.84. The molecule has 0 aromatic heterocycles. The first-order chi connectivity index (χ1) is 4.69. The minimum Gasteiger partial charge on any atom is -0.376 e. The van der Waals surface area contributed by atoms with Crippen LogP contribution in [0.3, 0.4) is 0 Å². The molecule has 2 N–H and O–H groups in total. The first-order valence-electron chi connectivity index (χ1n) is 4.10. The number of aliphatic hydroxyl groups is 1. The van der Waals surface area contributed by atoms with E-state index < -0.39 is 5.72 Å². The van der Waals surface area contributed by atoms with Crippen LogP contribution in [-0.4, -0.2) is 17.9 Å². The molecule has 0 heterocycles. The van der Waals surface area contributed by atoms with E-state index in [2.05, 4.69) is 12.2 Å². The van der Waals surface area contributed by atoms with E-state index in [1.165, 1.54) is 6.42 Å². The van der Waals surface area contributed by atoms with Crippen LogP contribution in [0.4, 0.5) is 0 Å². The van der Waals surface area contributed by atoms with Crippen molar-refractivity contribution in [1.82, 2.24) is 5.32 Å². The molecule has 1 aliphatic carbocycles. The Labute approximate surface area is 62.6 Å². The van der Waals surface area contributed by atoms with E-state index in [9.17, 15) is 5.11 Å². The van der Waals surface area contributed by atoms with E-state index in [0.29, 0.717) is 5.92 Å². The standard InChI is InChI=1S/C8H17NO/c1-7-5-3-4-6-8(7,10)9-2/h7,9-10H,3-6H2,1-2H3. The monoisotopic (exact) mass is 143 g/mol. The van der Waals surface area contributed by atoms with Crippen molar-refractivity contribution in [2.24, 2.45) is 5.92 Å². The molecular formula is C8H17NO. The van der Waals surface area contributed by atoms with Gasteiger partial charge in [-0.2, -0.15) is 0 Å². The minimum absolute atomic E-state index is 0.409.